The van der Waals surface area contributed by atoms with Gasteiger partial charge < -0.3 is 30.2 Å². The minimum Gasteiger partial charge on any atom is -0.479 e. The van der Waals surface area contributed by atoms with E-state index in [9.17, 15) is 27.6 Å². The summed E-state index contributed by atoms with van der Waals surface area (Å²) in [5.74, 6) is -6.05. The Labute approximate surface area is 168 Å². The van der Waals surface area contributed by atoms with Crippen molar-refractivity contribution in [3.05, 3.63) is 35.4 Å². The van der Waals surface area contributed by atoms with Crippen LogP contribution in [0.15, 0.2) is 18.2 Å². The predicted molar refractivity (Wildman–Crippen MR) is 91.8 cm³/mol. The molecular weight excluding hydrogens is 415 g/mol. The van der Waals surface area contributed by atoms with Crippen LogP contribution in [0.2, 0.25) is 0 Å². The Morgan fingerprint density at radius 1 is 1.20 bits per heavy atom. The van der Waals surface area contributed by atoms with Crippen LogP contribution in [0, 0.1) is 17.6 Å². The van der Waals surface area contributed by atoms with E-state index in [1.165, 1.54) is 6.07 Å². The molecule has 0 spiro atoms. The first-order chi connectivity index (χ1) is 13.9. The Balaban J connectivity index is 2.04. The van der Waals surface area contributed by atoms with E-state index >= 15 is 0 Å². The average Bonchev–Trinajstić information content (AvgIpc) is 3.16. The second-order valence-electron chi connectivity index (χ2n) is 6.77. The SMILES string of the molecule is C[C@@H](OC(=O)O)OC(=O)C[C@@H](C[C@@H]1C(N)[C@@]1(F)C(=O)O)OCc1ccc(F)c(F)c1. The van der Waals surface area contributed by atoms with Crippen molar-refractivity contribution < 1.29 is 52.0 Å². The predicted octanol–water partition coefficient (Wildman–Crippen LogP) is 1.96. The molecule has 9 nitrogen and oxygen atoms in total. The van der Waals surface area contributed by atoms with Crippen molar-refractivity contribution in [3.63, 3.8) is 0 Å². The number of nitrogens with two attached hydrogens (primary N) is 1. The molecule has 166 valence electrons. The minimum atomic E-state index is -2.67. The molecule has 12 heteroatoms. The Kier molecular flexibility index (Phi) is 7.26. The fourth-order valence-electron chi connectivity index (χ4n) is 2.99. The average molecular weight is 435 g/mol. The number of hydrogen-bond donors (Lipinski definition) is 3. The molecular formula is C18H20F3NO8. The Morgan fingerprint density at radius 3 is 2.40 bits per heavy atom. The Hall–Kier alpha value is -2.86. The first-order valence-corrected chi connectivity index (χ1v) is 8.77. The van der Waals surface area contributed by atoms with Gasteiger partial charge in [0, 0.05) is 12.8 Å². The number of rotatable bonds is 10. The number of halogens is 3. The molecule has 1 aromatic carbocycles. The van der Waals surface area contributed by atoms with Crippen LogP contribution in [-0.2, 0) is 30.4 Å². The zero-order valence-electron chi connectivity index (χ0n) is 15.7. The van der Waals surface area contributed by atoms with E-state index in [1.807, 2.05) is 0 Å². The molecule has 0 aromatic heterocycles. The highest BCUT2D eigenvalue weighted by Gasteiger charge is 2.70. The maximum Gasteiger partial charge on any atom is 0.508 e. The van der Waals surface area contributed by atoms with Crippen LogP contribution in [-0.4, -0.2) is 52.4 Å². The molecule has 1 aromatic rings. The van der Waals surface area contributed by atoms with E-state index in [0.29, 0.717) is 0 Å². The summed E-state index contributed by atoms with van der Waals surface area (Å²) < 4.78 is 55.1. The lowest BCUT2D eigenvalue weighted by Gasteiger charge is -2.19. The van der Waals surface area contributed by atoms with Crippen LogP contribution >= 0.6 is 0 Å². The highest BCUT2D eigenvalue weighted by Crippen LogP contribution is 2.49. The monoisotopic (exact) mass is 435 g/mol. The van der Waals surface area contributed by atoms with Crippen LogP contribution in [0.5, 0.6) is 0 Å². The number of carboxylic acids is 1. The number of hydrogen-bond acceptors (Lipinski definition) is 7. The Bertz CT molecular complexity index is 823. The van der Waals surface area contributed by atoms with Gasteiger partial charge >= 0.3 is 18.1 Å². The van der Waals surface area contributed by atoms with E-state index in [2.05, 4.69) is 4.74 Å². The number of ether oxygens (including phenoxy) is 3. The van der Waals surface area contributed by atoms with Gasteiger partial charge in [0.1, 0.15) is 0 Å². The maximum absolute atomic E-state index is 14.3. The summed E-state index contributed by atoms with van der Waals surface area (Å²) in [5.41, 5.74) is 3.03. The molecule has 1 aliphatic rings. The molecule has 2 rings (SSSR count). The van der Waals surface area contributed by atoms with Crippen LogP contribution < -0.4 is 5.73 Å². The molecule has 5 atom stereocenters. The quantitative estimate of drug-likeness (QED) is 0.371. The fraction of sp³-hybridized carbons (Fsp3) is 0.500. The lowest BCUT2D eigenvalue weighted by Crippen LogP contribution is -2.27. The molecule has 0 saturated heterocycles. The lowest BCUT2D eigenvalue weighted by atomic mass is 10.1. The standard InChI is InChI=1S/C18H20F3NO8/c1-8(30-17(26)27)29-14(23)6-10(5-11-15(22)18(11,21)16(24)25)28-7-9-2-3-12(19)13(20)4-9/h2-4,8,10-11,15H,5-7,22H2,1H3,(H,24,25)(H,26,27)/t8-,10-,11-,15?,18-/m1/s1. The smallest absolute Gasteiger partial charge is 0.479 e. The summed E-state index contributed by atoms with van der Waals surface area (Å²) in [7, 11) is 0. The fourth-order valence-corrected chi connectivity index (χ4v) is 2.99. The largest absolute Gasteiger partial charge is 0.508 e. The van der Waals surface area contributed by atoms with Crippen molar-refractivity contribution in [2.75, 3.05) is 0 Å². The topological polar surface area (TPSA) is 145 Å². The van der Waals surface area contributed by atoms with Gasteiger partial charge in [-0.25, -0.2) is 22.8 Å². The van der Waals surface area contributed by atoms with E-state index in [0.717, 1.165) is 19.1 Å². The summed E-state index contributed by atoms with van der Waals surface area (Å²) >= 11 is 0. The second-order valence-corrected chi connectivity index (χ2v) is 6.77. The molecule has 4 N–H and O–H groups in total. The molecule has 0 bridgehead atoms. The number of carbonyl (C=O) groups excluding carboxylic acids is 1. The van der Waals surface area contributed by atoms with Gasteiger partial charge in [0.2, 0.25) is 12.0 Å². The van der Waals surface area contributed by atoms with Crippen LogP contribution in [0.3, 0.4) is 0 Å². The summed E-state index contributed by atoms with van der Waals surface area (Å²) in [6.45, 7) is 0.849. The first kappa shape index (κ1) is 23.4. The van der Waals surface area contributed by atoms with Gasteiger partial charge in [-0.05, 0) is 24.1 Å². The molecule has 0 radical (unpaired) electrons. The van der Waals surface area contributed by atoms with Crippen molar-refractivity contribution in [1.82, 2.24) is 0 Å². The zero-order valence-corrected chi connectivity index (χ0v) is 15.7. The van der Waals surface area contributed by atoms with Crippen molar-refractivity contribution in [2.45, 2.75) is 50.5 Å². The number of benzene rings is 1. The van der Waals surface area contributed by atoms with Gasteiger partial charge in [-0.1, -0.05) is 6.07 Å². The molecule has 0 heterocycles. The van der Waals surface area contributed by atoms with Gasteiger partial charge in [-0.2, -0.15) is 0 Å². The van der Waals surface area contributed by atoms with Gasteiger partial charge in [-0.3, -0.25) is 4.79 Å². The van der Waals surface area contributed by atoms with Crippen LogP contribution in [0.4, 0.5) is 18.0 Å². The number of carboxylic acid groups (broad SMARTS) is 2. The number of esters is 1. The van der Waals surface area contributed by atoms with Gasteiger partial charge in [0.15, 0.2) is 11.6 Å². The van der Waals surface area contributed by atoms with Gasteiger partial charge in [0.25, 0.3) is 0 Å². The Morgan fingerprint density at radius 2 is 1.87 bits per heavy atom. The molecule has 1 fully saturated rings. The third-order valence-corrected chi connectivity index (χ3v) is 4.62. The van der Waals surface area contributed by atoms with Crippen LogP contribution in [0.1, 0.15) is 25.3 Å². The normalized spacial score (nSPS) is 24.6. The molecule has 0 amide bonds. The zero-order chi connectivity index (χ0) is 22.6. The van der Waals surface area contributed by atoms with Gasteiger partial charge in [0.05, 0.1) is 25.2 Å². The highest BCUT2D eigenvalue weighted by atomic mass is 19.2. The molecule has 30 heavy (non-hydrogen) atoms. The van der Waals surface area contributed by atoms with E-state index in [1.54, 1.807) is 0 Å². The summed E-state index contributed by atoms with van der Waals surface area (Å²) in [5, 5.41) is 17.5. The summed E-state index contributed by atoms with van der Waals surface area (Å²) in [6.07, 6.45) is -5.00. The minimum absolute atomic E-state index is 0.208. The van der Waals surface area contributed by atoms with Crippen molar-refractivity contribution in [1.29, 1.82) is 0 Å². The first-order valence-electron chi connectivity index (χ1n) is 8.77. The van der Waals surface area contributed by atoms with Crippen molar-refractivity contribution in [2.24, 2.45) is 11.7 Å². The van der Waals surface area contributed by atoms with E-state index in [-0.39, 0.29) is 18.6 Å². The van der Waals surface area contributed by atoms with Crippen LogP contribution in [0.25, 0.3) is 0 Å². The number of alkyl halides is 1. The summed E-state index contributed by atoms with van der Waals surface area (Å²) in [6, 6.07) is 1.66. The molecule has 1 aliphatic carbocycles. The lowest BCUT2D eigenvalue weighted by molar-refractivity contribution is -0.170. The van der Waals surface area contributed by atoms with Gasteiger partial charge in [-0.15, -0.1) is 0 Å². The molecule has 1 saturated carbocycles. The second kappa shape index (κ2) is 9.30. The third-order valence-electron chi connectivity index (χ3n) is 4.62. The van der Waals surface area contributed by atoms with Crippen molar-refractivity contribution >= 4 is 18.1 Å². The molecule has 1 unspecified atom stereocenters. The molecule has 0 aliphatic heterocycles. The van der Waals surface area contributed by atoms with Crippen molar-refractivity contribution in [3.8, 4) is 0 Å². The third kappa shape index (κ3) is 5.60. The maximum atomic E-state index is 14.3. The number of carbonyl (C=O) groups is 3. The van der Waals surface area contributed by atoms with E-state index < -0.39 is 66.2 Å². The highest BCUT2D eigenvalue weighted by molar-refractivity contribution is 5.83. The number of aliphatic carboxylic acids is 1. The summed E-state index contributed by atoms with van der Waals surface area (Å²) in [4.78, 5) is 33.5. The van der Waals surface area contributed by atoms with E-state index in [4.69, 9.17) is 25.4 Å².